The zero-order chi connectivity index (χ0) is 18.3. The van der Waals surface area contributed by atoms with Crippen LogP contribution in [-0.2, 0) is 4.79 Å². The average molecular weight is 343 g/mol. The third kappa shape index (κ3) is 5.35. The number of hydrogen-bond donors (Lipinski definition) is 1. The molecule has 1 N–H and O–H groups in total. The molecule has 1 atom stereocenters. The minimum Gasteiger partial charge on any atom is -0.342 e. The van der Waals surface area contributed by atoms with Crippen molar-refractivity contribution >= 4 is 17.8 Å². The predicted molar refractivity (Wildman–Crippen MR) is 93.4 cm³/mol. The highest BCUT2D eigenvalue weighted by atomic mass is 19.3. The van der Waals surface area contributed by atoms with Gasteiger partial charge in [-0.25, -0.2) is 0 Å². The normalized spacial score (nSPS) is 12.8. The molecule has 0 bridgehead atoms. The summed E-state index contributed by atoms with van der Waals surface area (Å²) in [7, 11) is 0. The minimum absolute atomic E-state index is 0.314. The molecule has 1 unspecified atom stereocenters. The molecule has 2 aromatic rings. The monoisotopic (exact) mass is 343 g/mol. The van der Waals surface area contributed by atoms with Gasteiger partial charge in [-0.05, 0) is 24.6 Å². The van der Waals surface area contributed by atoms with E-state index < -0.39 is 30.1 Å². The second kappa shape index (κ2) is 8.33. The molecule has 2 aromatic carbocycles. The first kappa shape index (κ1) is 18.5. The van der Waals surface area contributed by atoms with Gasteiger partial charge in [0.05, 0.1) is 6.04 Å². The molecule has 1 amide bonds. The fourth-order valence-electron chi connectivity index (χ4n) is 2.26. The summed E-state index contributed by atoms with van der Waals surface area (Å²) in [6.07, 6.45) is 2.08. The number of halogens is 2. The zero-order valence-corrected chi connectivity index (χ0v) is 13.8. The van der Waals surface area contributed by atoms with E-state index >= 15 is 0 Å². The summed E-state index contributed by atoms with van der Waals surface area (Å²) in [5.74, 6) is -5.42. The van der Waals surface area contributed by atoms with Gasteiger partial charge in [0.25, 0.3) is 5.91 Å². The van der Waals surface area contributed by atoms with Crippen LogP contribution in [-0.4, -0.2) is 23.7 Å². The molecule has 0 aliphatic carbocycles. The topological polar surface area (TPSA) is 46.2 Å². The van der Waals surface area contributed by atoms with Crippen LogP contribution in [0.15, 0.2) is 66.7 Å². The lowest BCUT2D eigenvalue weighted by Gasteiger charge is -2.19. The van der Waals surface area contributed by atoms with E-state index in [9.17, 15) is 18.4 Å². The van der Waals surface area contributed by atoms with Crippen LogP contribution in [0.5, 0.6) is 0 Å². The van der Waals surface area contributed by atoms with Crippen LogP contribution in [0.2, 0.25) is 0 Å². The Morgan fingerprint density at radius 3 is 2.20 bits per heavy atom. The van der Waals surface area contributed by atoms with E-state index in [2.05, 4.69) is 5.32 Å². The highest BCUT2D eigenvalue weighted by Crippen LogP contribution is 2.23. The highest BCUT2D eigenvalue weighted by Gasteiger charge is 2.40. The number of carbonyl (C=O) groups is 2. The Kier molecular flexibility index (Phi) is 6.17. The SMILES string of the molecule is CC(NC(=O)c1ccccc1)C(=O)C(F)(F)CC=Cc1ccccc1. The summed E-state index contributed by atoms with van der Waals surface area (Å²) in [6.45, 7) is 1.26. The number of alkyl halides is 2. The molecule has 25 heavy (non-hydrogen) atoms. The number of Topliss-reactive ketones (excluding diaryl/α,β-unsaturated/α-hetero) is 1. The van der Waals surface area contributed by atoms with Crippen molar-refractivity contribution in [2.24, 2.45) is 0 Å². The summed E-state index contributed by atoms with van der Waals surface area (Å²) in [5, 5.41) is 2.32. The number of hydrogen-bond acceptors (Lipinski definition) is 2. The summed E-state index contributed by atoms with van der Waals surface area (Å²) < 4.78 is 28.1. The number of allylic oxidation sites excluding steroid dienone is 1. The van der Waals surface area contributed by atoms with E-state index in [0.29, 0.717) is 5.56 Å². The van der Waals surface area contributed by atoms with Gasteiger partial charge in [-0.2, -0.15) is 8.78 Å². The molecule has 0 aliphatic rings. The average Bonchev–Trinajstić information content (AvgIpc) is 2.62. The van der Waals surface area contributed by atoms with Crippen LogP contribution in [0.25, 0.3) is 6.08 Å². The van der Waals surface area contributed by atoms with E-state index in [4.69, 9.17) is 0 Å². The number of carbonyl (C=O) groups excluding carboxylic acids is 2. The Morgan fingerprint density at radius 2 is 1.60 bits per heavy atom. The van der Waals surface area contributed by atoms with Crippen molar-refractivity contribution in [2.45, 2.75) is 25.3 Å². The lowest BCUT2D eigenvalue weighted by Crippen LogP contribution is -2.46. The Bertz CT molecular complexity index is 743. The smallest absolute Gasteiger partial charge is 0.310 e. The summed E-state index contributed by atoms with van der Waals surface area (Å²) in [6, 6.07) is 15.8. The summed E-state index contributed by atoms with van der Waals surface area (Å²) in [4.78, 5) is 23.9. The molecule has 0 spiro atoms. The molecule has 2 rings (SSSR count). The number of benzene rings is 2. The number of amides is 1. The maximum absolute atomic E-state index is 14.1. The molecular weight excluding hydrogens is 324 g/mol. The van der Waals surface area contributed by atoms with Crippen LogP contribution in [0.4, 0.5) is 8.78 Å². The lowest BCUT2D eigenvalue weighted by molar-refractivity contribution is -0.144. The van der Waals surface area contributed by atoms with Crippen molar-refractivity contribution in [1.29, 1.82) is 0 Å². The molecule has 130 valence electrons. The second-order valence-corrected chi connectivity index (χ2v) is 5.65. The van der Waals surface area contributed by atoms with Crippen LogP contribution < -0.4 is 5.32 Å². The van der Waals surface area contributed by atoms with Crippen LogP contribution in [0.1, 0.15) is 29.3 Å². The maximum Gasteiger partial charge on any atom is 0.310 e. The Labute approximate surface area is 145 Å². The van der Waals surface area contributed by atoms with Crippen molar-refractivity contribution in [3.8, 4) is 0 Å². The first-order chi connectivity index (χ1) is 11.9. The van der Waals surface area contributed by atoms with Gasteiger partial charge in [0.15, 0.2) is 0 Å². The van der Waals surface area contributed by atoms with Gasteiger partial charge < -0.3 is 5.32 Å². The van der Waals surface area contributed by atoms with E-state index in [1.54, 1.807) is 54.6 Å². The minimum atomic E-state index is -3.55. The molecule has 0 aliphatic heterocycles. The van der Waals surface area contributed by atoms with Crippen molar-refractivity contribution in [1.82, 2.24) is 5.32 Å². The molecule has 0 saturated heterocycles. The lowest BCUT2D eigenvalue weighted by atomic mass is 10.0. The van der Waals surface area contributed by atoms with Crippen LogP contribution in [0.3, 0.4) is 0 Å². The van der Waals surface area contributed by atoms with E-state index in [1.165, 1.54) is 19.1 Å². The molecule has 0 saturated carbocycles. The van der Waals surface area contributed by atoms with Crippen molar-refractivity contribution < 1.29 is 18.4 Å². The molecule has 0 radical (unpaired) electrons. The third-order valence-electron chi connectivity index (χ3n) is 3.62. The van der Waals surface area contributed by atoms with Gasteiger partial charge in [0.2, 0.25) is 5.78 Å². The Hall–Kier alpha value is -2.82. The number of ketones is 1. The molecule has 0 aromatic heterocycles. The molecule has 0 fully saturated rings. The fourth-order valence-corrected chi connectivity index (χ4v) is 2.26. The standard InChI is InChI=1S/C20H19F2NO2/c1-15(23-19(25)17-12-6-3-7-13-17)18(24)20(21,22)14-8-11-16-9-4-2-5-10-16/h2-13,15H,14H2,1H3,(H,23,25). The first-order valence-corrected chi connectivity index (χ1v) is 7.90. The van der Waals surface area contributed by atoms with Crippen LogP contribution >= 0.6 is 0 Å². The van der Waals surface area contributed by atoms with E-state index in [0.717, 1.165) is 5.56 Å². The molecule has 0 heterocycles. The summed E-state index contributed by atoms with van der Waals surface area (Å²) in [5.41, 5.74) is 1.09. The Balaban J connectivity index is 1.95. The van der Waals surface area contributed by atoms with Gasteiger partial charge in [-0.3, -0.25) is 9.59 Å². The Morgan fingerprint density at radius 1 is 1.04 bits per heavy atom. The largest absolute Gasteiger partial charge is 0.342 e. The van der Waals surface area contributed by atoms with Gasteiger partial charge in [-0.15, -0.1) is 0 Å². The highest BCUT2D eigenvalue weighted by molar-refractivity contribution is 5.99. The summed E-state index contributed by atoms with van der Waals surface area (Å²) >= 11 is 0. The molecule has 3 nitrogen and oxygen atoms in total. The van der Waals surface area contributed by atoms with Crippen molar-refractivity contribution in [3.05, 3.63) is 77.9 Å². The number of rotatable bonds is 7. The van der Waals surface area contributed by atoms with Crippen molar-refractivity contribution in [3.63, 3.8) is 0 Å². The fraction of sp³-hybridized carbons (Fsp3) is 0.200. The van der Waals surface area contributed by atoms with Crippen molar-refractivity contribution in [2.75, 3.05) is 0 Å². The van der Waals surface area contributed by atoms with Crippen LogP contribution in [0, 0.1) is 0 Å². The molecule has 5 heteroatoms. The first-order valence-electron chi connectivity index (χ1n) is 7.90. The van der Waals surface area contributed by atoms with Gasteiger partial charge >= 0.3 is 5.92 Å². The van der Waals surface area contributed by atoms with E-state index in [1.807, 2.05) is 6.07 Å². The molecular formula is C20H19F2NO2. The third-order valence-corrected chi connectivity index (χ3v) is 3.62. The van der Waals surface area contributed by atoms with E-state index in [-0.39, 0.29) is 0 Å². The zero-order valence-electron chi connectivity index (χ0n) is 13.8. The predicted octanol–water partition coefficient (Wildman–Crippen LogP) is 4.11. The van der Waals surface area contributed by atoms with Gasteiger partial charge in [0, 0.05) is 12.0 Å². The maximum atomic E-state index is 14.1. The quantitative estimate of drug-likeness (QED) is 0.822. The second-order valence-electron chi connectivity index (χ2n) is 5.65. The van der Waals surface area contributed by atoms with Gasteiger partial charge in [-0.1, -0.05) is 60.7 Å². The van der Waals surface area contributed by atoms with Gasteiger partial charge in [0.1, 0.15) is 0 Å². The number of nitrogens with one attached hydrogen (secondary N) is 1.